The Balaban J connectivity index is 1.60. The number of fused-ring (bicyclic) bond motifs is 1. The Hall–Kier alpha value is -2.07. The summed E-state index contributed by atoms with van der Waals surface area (Å²) in [6, 6.07) is 14.5. The lowest BCUT2D eigenvalue weighted by Crippen LogP contribution is -2.46. The van der Waals surface area contributed by atoms with Gasteiger partial charge in [-0.2, -0.15) is 0 Å². The van der Waals surface area contributed by atoms with Gasteiger partial charge in [-0.25, -0.2) is 4.79 Å². The standard InChI is InChI=1S/C19H24N2O2/c1-14-10-12-21(18(14)13-22)19(23)20-11-9-16-7-4-6-15-5-2-3-8-17(15)16/h2-8,14,18,22H,9-13H2,1H3,(H,20,23). The normalized spacial score (nSPS) is 20.9. The van der Waals surface area contributed by atoms with E-state index in [4.69, 9.17) is 0 Å². The zero-order valence-electron chi connectivity index (χ0n) is 13.5. The molecule has 2 atom stereocenters. The summed E-state index contributed by atoms with van der Waals surface area (Å²) in [6.45, 7) is 3.46. The minimum absolute atomic E-state index is 0.0396. The van der Waals surface area contributed by atoms with Crippen molar-refractivity contribution in [3.8, 4) is 0 Å². The monoisotopic (exact) mass is 312 g/mol. The third-order valence-electron chi connectivity index (χ3n) is 4.88. The highest BCUT2D eigenvalue weighted by molar-refractivity contribution is 5.85. The molecule has 4 nitrogen and oxygen atoms in total. The van der Waals surface area contributed by atoms with E-state index < -0.39 is 0 Å². The molecule has 1 saturated heterocycles. The molecule has 0 radical (unpaired) electrons. The van der Waals surface area contributed by atoms with Gasteiger partial charge >= 0.3 is 6.03 Å². The van der Waals surface area contributed by atoms with Crippen LogP contribution in [0.1, 0.15) is 18.9 Å². The highest BCUT2D eigenvalue weighted by Gasteiger charge is 2.33. The second kappa shape index (κ2) is 7.01. The van der Waals surface area contributed by atoms with Crippen LogP contribution in [0.25, 0.3) is 10.8 Å². The summed E-state index contributed by atoms with van der Waals surface area (Å²) in [6.07, 6.45) is 1.77. The number of likely N-dealkylation sites (tertiary alicyclic amines) is 1. The second-order valence-electron chi connectivity index (χ2n) is 6.33. The molecule has 2 N–H and O–H groups in total. The number of carbonyl (C=O) groups excluding carboxylic acids is 1. The molecule has 1 aliphatic heterocycles. The molecule has 4 heteroatoms. The predicted molar refractivity (Wildman–Crippen MR) is 92.4 cm³/mol. The summed E-state index contributed by atoms with van der Waals surface area (Å²) in [5, 5.41) is 14.9. The molecule has 0 bridgehead atoms. The number of benzene rings is 2. The lowest BCUT2D eigenvalue weighted by Gasteiger charge is -2.25. The molecule has 1 heterocycles. The van der Waals surface area contributed by atoms with E-state index in [1.807, 2.05) is 12.1 Å². The molecule has 3 rings (SSSR count). The van der Waals surface area contributed by atoms with Gasteiger partial charge in [-0.15, -0.1) is 0 Å². The Morgan fingerprint density at radius 3 is 2.87 bits per heavy atom. The number of nitrogens with one attached hydrogen (secondary N) is 1. The van der Waals surface area contributed by atoms with Crippen LogP contribution in [0.5, 0.6) is 0 Å². The molecule has 0 spiro atoms. The van der Waals surface area contributed by atoms with Crippen molar-refractivity contribution in [2.75, 3.05) is 19.7 Å². The number of aliphatic hydroxyl groups is 1. The fraction of sp³-hybridized carbons (Fsp3) is 0.421. The van der Waals surface area contributed by atoms with E-state index in [0.717, 1.165) is 19.4 Å². The van der Waals surface area contributed by atoms with Crippen molar-refractivity contribution >= 4 is 16.8 Å². The molecule has 1 aliphatic rings. The molecule has 2 aromatic rings. The van der Waals surface area contributed by atoms with Gasteiger partial charge in [-0.1, -0.05) is 49.4 Å². The molecular formula is C19H24N2O2. The number of carbonyl (C=O) groups is 1. The minimum atomic E-state index is -0.0614. The molecular weight excluding hydrogens is 288 g/mol. The van der Waals surface area contributed by atoms with Gasteiger partial charge in [0, 0.05) is 13.1 Å². The molecule has 1 fully saturated rings. The summed E-state index contributed by atoms with van der Waals surface area (Å²) in [4.78, 5) is 14.1. The van der Waals surface area contributed by atoms with E-state index >= 15 is 0 Å². The van der Waals surface area contributed by atoms with Crippen molar-refractivity contribution in [3.63, 3.8) is 0 Å². The number of hydrogen-bond acceptors (Lipinski definition) is 2. The molecule has 2 aromatic carbocycles. The molecule has 2 amide bonds. The summed E-state index contributed by atoms with van der Waals surface area (Å²) in [5.41, 5.74) is 1.25. The van der Waals surface area contributed by atoms with Crippen molar-refractivity contribution < 1.29 is 9.90 Å². The molecule has 23 heavy (non-hydrogen) atoms. The van der Waals surface area contributed by atoms with Gasteiger partial charge in [0.15, 0.2) is 0 Å². The minimum Gasteiger partial charge on any atom is -0.394 e. The Labute approximate surface area is 137 Å². The molecule has 0 aromatic heterocycles. The van der Waals surface area contributed by atoms with Crippen LogP contribution in [0.3, 0.4) is 0 Å². The van der Waals surface area contributed by atoms with E-state index in [1.165, 1.54) is 16.3 Å². The summed E-state index contributed by atoms with van der Waals surface area (Å²) >= 11 is 0. The van der Waals surface area contributed by atoms with Crippen LogP contribution < -0.4 is 5.32 Å². The number of aliphatic hydroxyl groups excluding tert-OH is 1. The number of amides is 2. The summed E-state index contributed by atoms with van der Waals surface area (Å²) in [5.74, 6) is 0.365. The van der Waals surface area contributed by atoms with Crippen LogP contribution in [0.4, 0.5) is 4.79 Å². The second-order valence-corrected chi connectivity index (χ2v) is 6.33. The van der Waals surface area contributed by atoms with Gasteiger partial charge in [-0.05, 0) is 35.1 Å². The Morgan fingerprint density at radius 1 is 1.26 bits per heavy atom. The fourth-order valence-electron chi connectivity index (χ4n) is 3.45. The van der Waals surface area contributed by atoms with Crippen molar-refractivity contribution in [1.82, 2.24) is 10.2 Å². The topological polar surface area (TPSA) is 52.6 Å². The number of hydrogen-bond donors (Lipinski definition) is 2. The maximum absolute atomic E-state index is 12.3. The summed E-state index contributed by atoms with van der Waals surface area (Å²) in [7, 11) is 0. The SMILES string of the molecule is CC1CCN(C(=O)NCCc2cccc3ccccc23)C1CO. The quantitative estimate of drug-likeness (QED) is 0.912. The largest absolute Gasteiger partial charge is 0.394 e. The molecule has 2 unspecified atom stereocenters. The zero-order valence-corrected chi connectivity index (χ0v) is 13.5. The van der Waals surface area contributed by atoms with Crippen molar-refractivity contribution in [3.05, 3.63) is 48.0 Å². The van der Waals surface area contributed by atoms with Crippen LogP contribution >= 0.6 is 0 Å². The van der Waals surface area contributed by atoms with Gasteiger partial charge in [0.25, 0.3) is 0 Å². The number of urea groups is 1. The number of nitrogens with zero attached hydrogens (tertiary/aromatic N) is 1. The van der Waals surface area contributed by atoms with Crippen LogP contribution in [-0.2, 0) is 6.42 Å². The van der Waals surface area contributed by atoms with E-state index in [1.54, 1.807) is 4.90 Å². The lowest BCUT2D eigenvalue weighted by molar-refractivity contribution is 0.144. The first-order valence-corrected chi connectivity index (χ1v) is 8.32. The Bertz CT molecular complexity index is 681. The van der Waals surface area contributed by atoms with Gasteiger partial charge in [-0.3, -0.25) is 0 Å². The van der Waals surface area contributed by atoms with Gasteiger partial charge in [0.2, 0.25) is 0 Å². The van der Waals surface area contributed by atoms with Crippen molar-refractivity contribution in [1.29, 1.82) is 0 Å². The maximum Gasteiger partial charge on any atom is 0.317 e. The highest BCUT2D eigenvalue weighted by atomic mass is 16.3. The molecule has 0 saturated carbocycles. The highest BCUT2D eigenvalue weighted by Crippen LogP contribution is 2.23. The van der Waals surface area contributed by atoms with E-state index in [0.29, 0.717) is 12.5 Å². The van der Waals surface area contributed by atoms with Crippen molar-refractivity contribution in [2.45, 2.75) is 25.8 Å². The van der Waals surface area contributed by atoms with Crippen LogP contribution in [0.2, 0.25) is 0 Å². The lowest BCUT2D eigenvalue weighted by atomic mass is 10.0. The van der Waals surface area contributed by atoms with E-state index in [-0.39, 0.29) is 18.7 Å². The Kier molecular flexibility index (Phi) is 4.82. The third-order valence-corrected chi connectivity index (χ3v) is 4.88. The van der Waals surface area contributed by atoms with Crippen LogP contribution in [0.15, 0.2) is 42.5 Å². The number of rotatable bonds is 4. The predicted octanol–water partition coefficient (Wildman–Crippen LogP) is 2.79. The van der Waals surface area contributed by atoms with Crippen LogP contribution in [0, 0.1) is 5.92 Å². The van der Waals surface area contributed by atoms with E-state index in [2.05, 4.69) is 42.6 Å². The van der Waals surface area contributed by atoms with Gasteiger partial charge < -0.3 is 15.3 Å². The first-order chi connectivity index (χ1) is 11.2. The first-order valence-electron chi connectivity index (χ1n) is 8.32. The summed E-state index contributed by atoms with van der Waals surface area (Å²) < 4.78 is 0. The van der Waals surface area contributed by atoms with E-state index in [9.17, 15) is 9.90 Å². The van der Waals surface area contributed by atoms with Crippen molar-refractivity contribution in [2.24, 2.45) is 5.92 Å². The Morgan fingerprint density at radius 2 is 2.04 bits per heavy atom. The fourth-order valence-corrected chi connectivity index (χ4v) is 3.45. The van der Waals surface area contributed by atoms with Gasteiger partial charge in [0.1, 0.15) is 0 Å². The molecule has 0 aliphatic carbocycles. The third kappa shape index (κ3) is 3.32. The average Bonchev–Trinajstić information content (AvgIpc) is 2.95. The maximum atomic E-state index is 12.3. The van der Waals surface area contributed by atoms with Crippen LogP contribution in [-0.4, -0.2) is 41.8 Å². The zero-order chi connectivity index (χ0) is 16.2. The average molecular weight is 312 g/mol. The first kappa shape index (κ1) is 15.8. The van der Waals surface area contributed by atoms with Gasteiger partial charge in [0.05, 0.1) is 12.6 Å². The smallest absolute Gasteiger partial charge is 0.317 e. The molecule has 122 valence electrons.